The van der Waals surface area contributed by atoms with Gasteiger partial charge in [0.05, 0.1) is 18.0 Å². The van der Waals surface area contributed by atoms with Gasteiger partial charge in [0.2, 0.25) is 5.78 Å². The van der Waals surface area contributed by atoms with Gasteiger partial charge in [-0.25, -0.2) is 0 Å². The van der Waals surface area contributed by atoms with Crippen LogP contribution in [0.4, 0.5) is 0 Å². The van der Waals surface area contributed by atoms with Gasteiger partial charge in [-0.3, -0.25) is 9.48 Å². The first kappa shape index (κ1) is 10.2. The summed E-state index contributed by atoms with van der Waals surface area (Å²) in [6.07, 6.45) is 3.14. The lowest BCUT2D eigenvalue weighted by molar-refractivity contribution is 0.102. The minimum Gasteiger partial charge on any atom is -0.457 e. The molecule has 0 aliphatic rings. The fraction of sp³-hybridized carbons (Fsp3) is 0.200. The molecule has 2 aromatic heterocycles. The van der Waals surface area contributed by atoms with Gasteiger partial charge in [0.1, 0.15) is 5.69 Å². The molecule has 0 aliphatic heterocycles. The lowest BCUT2D eigenvalue weighted by Crippen LogP contribution is -2.09. The number of aromatic nitrogens is 2. The Kier molecular flexibility index (Phi) is 2.48. The van der Waals surface area contributed by atoms with Crippen molar-refractivity contribution in [2.24, 2.45) is 7.05 Å². The zero-order valence-corrected chi connectivity index (χ0v) is 9.91. The van der Waals surface area contributed by atoms with Crippen LogP contribution in [0, 0.1) is 6.92 Å². The van der Waals surface area contributed by atoms with Crippen molar-refractivity contribution in [1.29, 1.82) is 0 Å². The number of hydrogen-bond acceptors (Lipinski definition) is 3. The fourth-order valence-corrected chi connectivity index (χ4v) is 1.88. The van der Waals surface area contributed by atoms with Crippen LogP contribution in [0.2, 0.25) is 0 Å². The molecule has 2 aromatic rings. The number of carbonyl (C=O) groups is 1. The third kappa shape index (κ3) is 1.63. The summed E-state index contributed by atoms with van der Waals surface area (Å²) in [6, 6.07) is 1.64. The maximum atomic E-state index is 12.1. The van der Waals surface area contributed by atoms with Gasteiger partial charge in [0.25, 0.3) is 0 Å². The number of ketones is 1. The summed E-state index contributed by atoms with van der Waals surface area (Å²) in [6.45, 7) is 1.86. The number of aryl methyl sites for hydroxylation is 2. The monoisotopic (exact) mass is 268 g/mol. The highest BCUT2D eigenvalue weighted by Crippen LogP contribution is 2.22. The molecule has 0 atom stereocenters. The molecule has 0 amide bonds. The van der Waals surface area contributed by atoms with Crippen molar-refractivity contribution < 1.29 is 9.21 Å². The van der Waals surface area contributed by atoms with E-state index in [-0.39, 0.29) is 5.78 Å². The Morgan fingerprint density at radius 3 is 2.80 bits per heavy atom. The van der Waals surface area contributed by atoms with Gasteiger partial charge in [-0.2, -0.15) is 5.10 Å². The number of nitrogens with zero attached hydrogens (tertiary/aromatic N) is 2. The molecule has 2 heterocycles. The summed E-state index contributed by atoms with van der Waals surface area (Å²) >= 11 is 3.18. The third-order valence-electron chi connectivity index (χ3n) is 2.20. The Labute approximate surface area is 95.0 Å². The summed E-state index contributed by atoms with van der Waals surface area (Å²) in [5.41, 5.74) is 1.95. The smallest absolute Gasteiger partial charge is 0.215 e. The molecule has 15 heavy (non-hydrogen) atoms. The highest BCUT2D eigenvalue weighted by Gasteiger charge is 2.19. The summed E-state index contributed by atoms with van der Waals surface area (Å²) in [5.74, 6) is -0.0897. The normalized spacial score (nSPS) is 10.6. The second-order valence-electron chi connectivity index (χ2n) is 3.24. The van der Waals surface area contributed by atoms with Crippen LogP contribution in [-0.4, -0.2) is 15.6 Å². The SMILES string of the molecule is Cc1cnn(C)c1C(=O)c1ccoc1Br. The van der Waals surface area contributed by atoms with Crippen LogP contribution in [0.15, 0.2) is 27.6 Å². The van der Waals surface area contributed by atoms with E-state index in [0.29, 0.717) is 15.9 Å². The largest absolute Gasteiger partial charge is 0.457 e. The lowest BCUT2D eigenvalue weighted by atomic mass is 10.1. The zero-order chi connectivity index (χ0) is 11.0. The van der Waals surface area contributed by atoms with Gasteiger partial charge in [0.15, 0.2) is 4.67 Å². The van der Waals surface area contributed by atoms with Crippen LogP contribution in [0.25, 0.3) is 0 Å². The van der Waals surface area contributed by atoms with Crippen LogP contribution in [-0.2, 0) is 7.05 Å². The molecule has 4 nitrogen and oxygen atoms in total. The first-order chi connectivity index (χ1) is 7.11. The van der Waals surface area contributed by atoms with Crippen molar-refractivity contribution in [2.75, 3.05) is 0 Å². The standard InChI is InChI=1S/C10H9BrN2O2/c1-6-5-12-13(2)8(6)9(14)7-3-4-15-10(7)11/h3-5H,1-2H3. The minimum atomic E-state index is -0.0897. The molecular weight excluding hydrogens is 260 g/mol. The van der Waals surface area contributed by atoms with Crippen molar-refractivity contribution in [1.82, 2.24) is 9.78 Å². The van der Waals surface area contributed by atoms with E-state index in [1.165, 1.54) is 6.26 Å². The molecule has 78 valence electrons. The average molecular weight is 269 g/mol. The third-order valence-corrected chi connectivity index (χ3v) is 2.81. The summed E-state index contributed by atoms with van der Waals surface area (Å²) in [7, 11) is 1.74. The number of rotatable bonds is 2. The number of halogens is 1. The van der Waals surface area contributed by atoms with Crippen LogP contribution >= 0.6 is 15.9 Å². The second kappa shape index (κ2) is 3.66. The van der Waals surface area contributed by atoms with Crippen molar-refractivity contribution in [2.45, 2.75) is 6.92 Å². The number of furan rings is 1. The highest BCUT2D eigenvalue weighted by atomic mass is 79.9. The van der Waals surface area contributed by atoms with E-state index in [0.717, 1.165) is 5.56 Å². The van der Waals surface area contributed by atoms with Gasteiger partial charge >= 0.3 is 0 Å². The summed E-state index contributed by atoms with van der Waals surface area (Å²) < 4.78 is 7.05. The van der Waals surface area contributed by atoms with E-state index in [1.54, 1.807) is 24.0 Å². The van der Waals surface area contributed by atoms with Gasteiger partial charge in [-0.15, -0.1) is 0 Å². The maximum Gasteiger partial charge on any atom is 0.215 e. The summed E-state index contributed by atoms with van der Waals surface area (Å²) in [4.78, 5) is 12.1. The first-order valence-corrected chi connectivity index (χ1v) is 5.17. The molecule has 0 aromatic carbocycles. The first-order valence-electron chi connectivity index (χ1n) is 4.37. The number of carbonyl (C=O) groups excluding carboxylic acids is 1. The summed E-state index contributed by atoms with van der Waals surface area (Å²) in [5, 5.41) is 4.03. The van der Waals surface area contributed by atoms with Gasteiger partial charge in [0, 0.05) is 7.05 Å². The van der Waals surface area contributed by atoms with Crippen LogP contribution in [0.5, 0.6) is 0 Å². The van der Waals surface area contributed by atoms with Crippen molar-refractivity contribution in [3.05, 3.63) is 40.0 Å². The predicted octanol–water partition coefficient (Wildman–Crippen LogP) is 2.32. The Balaban J connectivity index is 2.50. The molecular formula is C10H9BrN2O2. The van der Waals surface area contributed by atoms with E-state index in [9.17, 15) is 4.79 Å². The van der Waals surface area contributed by atoms with Crippen molar-refractivity contribution >= 4 is 21.7 Å². The number of hydrogen-bond donors (Lipinski definition) is 0. The quantitative estimate of drug-likeness (QED) is 0.786. The Morgan fingerprint density at radius 1 is 1.60 bits per heavy atom. The average Bonchev–Trinajstić information content (AvgIpc) is 2.73. The van der Waals surface area contributed by atoms with Crippen LogP contribution < -0.4 is 0 Å². The highest BCUT2D eigenvalue weighted by molar-refractivity contribution is 9.10. The van der Waals surface area contributed by atoms with Crippen LogP contribution in [0.3, 0.4) is 0 Å². The molecule has 0 saturated carbocycles. The molecule has 0 unspecified atom stereocenters. The van der Waals surface area contributed by atoms with Crippen molar-refractivity contribution in [3.8, 4) is 0 Å². The van der Waals surface area contributed by atoms with Gasteiger partial charge in [-0.05, 0) is 34.5 Å². The van der Waals surface area contributed by atoms with Crippen molar-refractivity contribution in [3.63, 3.8) is 0 Å². The zero-order valence-electron chi connectivity index (χ0n) is 8.32. The van der Waals surface area contributed by atoms with Gasteiger partial charge in [-0.1, -0.05) is 0 Å². The molecule has 0 spiro atoms. The molecule has 0 N–H and O–H groups in total. The Hall–Kier alpha value is -1.36. The van der Waals surface area contributed by atoms with E-state index in [1.807, 2.05) is 6.92 Å². The van der Waals surface area contributed by atoms with Gasteiger partial charge < -0.3 is 4.42 Å². The Bertz CT molecular complexity index is 494. The predicted molar refractivity (Wildman–Crippen MR) is 57.8 cm³/mol. The molecule has 0 aliphatic carbocycles. The maximum absolute atomic E-state index is 12.1. The molecule has 0 radical (unpaired) electrons. The van der Waals surface area contributed by atoms with E-state index >= 15 is 0 Å². The topological polar surface area (TPSA) is 48.0 Å². The second-order valence-corrected chi connectivity index (χ2v) is 3.96. The molecule has 0 fully saturated rings. The van der Waals surface area contributed by atoms with E-state index in [2.05, 4.69) is 21.0 Å². The van der Waals surface area contributed by atoms with E-state index < -0.39 is 0 Å². The Morgan fingerprint density at radius 2 is 2.33 bits per heavy atom. The lowest BCUT2D eigenvalue weighted by Gasteiger charge is -2.00. The van der Waals surface area contributed by atoms with Crippen LogP contribution in [0.1, 0.15) is 21.6 Å². The molecule has 2 rings (SSSR count). The fourth-order valence-electron chi connectivity index (χ4n) is 1.46. The minimum absolute atomic E-state index is 0.0897. The molecule has 0 saturated heterocycles. The molecule has 0 bridgehead atoms. The van der Waals surface area contributed by atoms with E-state index in [4.69, 9.17) is 4.42 Å². The molecule has 5 heteroatoms.